The predicted octanol–water partition coefficient (Wildman–Crippen LogP) is 1.07. The Morgan fingerprint density at radius 1 is 1.60 bits per heavy atom. The first-order valence-corrected chi connectivity index (χ1v) is 5.51. The molecular formula is C10H12N2O2S. The fourth-order valence-electron chi connectivity index (χ4n) is 1.41. The summed E-state index contributed by atoms with van der Waals surface area (Å²) < 4.78 is 0. The van der Waals surface area contributed by atoms with E-state index in [0.717, 1.165) is 10.6 Å². The van der Waals surface area contributed by atoms with Crippen LogP contribution in [0.1, 0.15) is 18.7 Å². The van der Waals surface area contributed by atoms with Crippen LogP contribution in [0.4, 0.5) is 5.69 Å². The molecule has 0 saturated carbocycles. The number of aliphatic hydroxyl groups excluding tert-OH is 1. The van der Waals surface area contributed by atoms with Crippen molar-refractivity contribution in [2.75, 3.05) is 5.32 Å². The van der Waals surface area contributed by atoms with Crippen molar-refractivity contribution < 1.29 is 9.90 Å². The summed E-state index contributed by atoms with van der Waals surface area (Å²) in [5.74, 6) is -0.0174. The normalized spacial score (nSPS) is 21.8. The van der Waals surface area contributed by atoms with E-state index < -0.39 is 6.23 Å². The quantitative estimate of drug-likeness (QED) is 0.624. The van der Waals surface area contributed by atoms with E-state index in [1.54, 1.807) is 12.1 Å². The molecule has 0 aromatic heterocycles. The van der Waals surface area contributed by atoms with Crippen molar-refractivity contribution in [1.29, 1.82) is 0 Å². The van der Waals surface area contributed by atoms with Crippen LogP contribution in [-0.2, 0) is 4.79 Å². The average Bonchev–Trinajstić information content (AvgIpc) is 2.19. The summed E-state index contributed by atoms with van der Waals surface area (Å²) in [5, 5.41) is 11.9. The zero-order valence-electron chi connectivity index (χ0n) is 8.23. The van der Waals surface area contributed by atoms with Crippen LogP contribution in [-0.4, -0.2) is 16.3 Å². The molecule has 0 radical (unpaired) electrons. The Morgan fingerprint density at radius 3 is 3.00 bits per heavy atom. The van der Waals surface area contributed by atoms with Crippen molar-refractivity contribution in [3.05, 3.63) is 23.8 Å². The van der Waals surface area contributed by atoms with E-state index in [0.29, 0.717) is 5.56 Å². The molecule has 1 aromatic carbocycles. The number of rotatable bonds is 1. The lowest BCUT2D eigenvalue weighted by Gasteiger charge is -2.22. The van der Waals surface area contributed by atoms with Gasteiger partial charge in [-0.2, -0.15) is 0 Å². The van der Waals surface area contributed by atoms with Crippen LogP contribution in [0.15, 0.2) is 23.1 Å². The first-order valence-electron chi connectivity index (χ1n) is 4.63. The number of amides is 1. The molecule has 1 heterocycles. The zero-order valence-corrected chi connectivity index (χ0v) is 9.04. The molecule has 4 N–H and O–H groups in total. The molecule has 1 aromatic rings. The fraction of sp³-hybridized carbons (Fsp3) is 0.300. The molecular weight excluding hydrogens is 212 g/mol. The highest BCUT2D eigenvalue weighted by atomic mass is 32.2. The Kier molecular flexibility index (Phi) is 2.68. The lowest BCUT2D eigenvalue weighted by molar-refractivity contribution is -0.115. The number of fused-ring (bicyclic) bond motifs is 1. The molecule has 0 saturated heterocycles. The topological polar surface area (TPSA) is 75.3 Å². The van der Waals surface area contributed by atoms with Crippen molar-refractivity contribution in [2.45, 2.75) is 23.3 Å². The second-order valence-corrected chi connectivity index (χ2v) is 4.83. The summed E-state index contributed by atoms with van der Waals surface area (Å²) in [6, 6.07) is 5.33. The smallest absolute Gasteiger partial charge is 0.237 e. The molecule has 1 aliphatic heterocycles. The third-order valence-electron chi connectivity index (χ3n) is 2.28. The van der Waals surface area contributed by atoms with Gasteiger partial charge in [-0.3, -0.25) is 4.79 Å². The van der Waals surface area contributed by atoms with Crippen LogP contribution < -0.4 is 11.1 Å². The molecule has 2 unspecified atom stereocenters. The maximum atomic E-state index is 11.4. The van der Waals surface area contributed by atoms with Crippen LogP contribution in [0.25, 0.3) is 0 Å². The third-order valence-corrected chi connectivity index (χ3v) is 3.45. The molecule has 0 aliphatic carbocycles. The van der Waals surface area contributed by atoms with Crippen LogP contribution in [0.5, 0.6) is 0 Å². The lowest BCUT2D eigenvalue weighted by atomic mass is 10.1. The van der Waals surface area contributed by atoms with E-state index in [2.05, 4.69) is 5.32 Å². The number of nitrogens with one attached hydrogen (secondary N) is 1. The van der Waals surface area contributed by atoms with Crippen LogP contribution >= 0.6 is 11.8 Å². The van der Waals surface area contributed by atoms with Gasteiger partial charge in [-0.1, -0.05) is 6.07 Å². The summed E-state index contributed by atoms with van der Waals surface area (Å²) in [7, 11) is 0. The zero-order chi connectivity index (χ0) is 11.0. The summed E-state index contributed by atoms with van der Waals surface area (Å²) in [5.41, 5.74) is 6.67. The van der Waals surface area contributed by atoms with Gasteiger partial charge >= 0.3 is 0 Å². The summed E-state index contributed by atoms with van der Waals surface area (Å²) in [6.45, 7) is 1.86. The molecule has 0 spiro atoms. The highest BCUT2D eigenvalue weighted by Gasteiger charge is 2.23. The number of hydrogen-bond acceptors (Lipinski definition) is 4. The first kappa shape index (κ1) is 10.5. The second kappa shape index (κ2) is 3.84. The van der Waals surface area contributed by atoms with E-state index in [-0.39, 0.29) is 11.2 Å². The Bertz CT molecular complexity index is 406. The number of carbonyl (C=O) groups is 1. The maximum Gasteiger partial charge on any atom is 0.237 e. The molecule has 80 valence electrons. The van der Waals surface area contributed by atoms with Crippen molar-refractivity contribution in [3.63, 3.8) is 0 Å². The Labute approximate surface area is 91.9 Å². The van der Waals surface area contributed by atoms with Gasteiger partial charge in [0.1, 0.15) is 6.23 Å². The van der Waals surface area contributed by atoms with Crippen LogP contribution in [0.2, 0.25) is 0 Å². The molecule has 4 nitrogen and oxygen atoms in total. The SMILES string of the molecule is CC1Sc2ccc(C(N)O)cc2NC1=O. The van der Waals surface area contributed by atoms with Gasteiger partial charge in [0.15, 0.2) is 0 Å². The number of hydrogen-bond donors (Lipinski definition) is 3. The molecule has 1 amide bonds. The standard InChI is InChI=1S/C10H12N2O2S/c1-5-10(14)12-7-4-6(9(11)13)2-3-8(7)15-5/h2-5,9,13H,11H2,1H3,(H,12,14). The van der Waals surface area contributed by atoms with E-state index >= 15 is 0 Å². The molecule has 2 rings (SSSR count). The predicted molar refractivity (Wildman–Crippen MR) is 59.5 cm³/mol. The molecule has 0 fully saturated rings. The van der Waals surface area contributed by atoms with Gasteiger partial charge in [-0.25, -0.2) is 0 Å². The fourth-order valence-corrected chi connectivity index (χ4v) is 2.34. The van der Waals surface area contributed by atoms with Crippen LogP contribution in [0, 0.1) is 0 Å². The summed E-state index contributed by atoms with van der Waals surface area (Å²) in [4.78, 5) is 12.4. The van der Waals surface area contributed by atoms with Crippen molar-refractivity contribution in [2.24, 2.45) is 5.73 Å². The largest absolute Gasteiger partial charge is 0.375 e. The van der Waals surface area contributed by atoms with Gasteiger partial charge in [-0.05, 0) is 24.6 Å². The number of aliphatic hydroxyl groups is 1. The van der Waals surface area contributed by atoms with Gasteiger partial charge in [0.2, 0.25) is 5.91 Å². The minimum atomic E-state index is -1.00. The van der Waals surface area contributed by atoms with Crippen molar-refractivity contribution >= 4 is 23.4 Å². The van der Waals surface area contributed by atoms with Gasteiger partial charge in [0, 0.05) is 4.90 Å². The number of carbonyl (C=O) groups excluding carboxylic acids is 1. The number of benzene rings is 1. The minimum Gasteiger partial charge on any atom is -0.375 e. The molecule has 2 atom stereocenters. The lowest BCUT2D eigenvalue weighted by Crippen LogP contribution is -2.26. The monoisotopic (exact) mass is 224 g/mol. The highest BCUT2D eigenvalue weighted by Crippen LogP contribution is 2.36. The van der Waals surface area contributed by atoms with E-state index in [1.807, 2.05) is 13.0 Å². The molecule has 5 heteroatoms. The van der Waals surface area contributed by atoms with Crippen molar-refractivity contribution in [1.82, 2.24) is 0 Å². The van der Waals surface area contributed by atoms with Gasteiger partial charge in [0.05, 0.1) is 10.9 Å². The van der Waals surface area contributed by atoms with E-state index in [4.69, 9.17) is 5.73 Å². The van der Waals surface area contributed by atoms with Crippen LogP contribution in [0.3, 0.4) is 0 Å². The Morgan fingerprint density at radius 2 is 2.33 bits per heavy atom. The van der Waals surface area contributed by atoms with Crippen molar-refractivity contribution in [3.8, 4) is 0 Å². The summed E-state index contributed by atoms with van der Waals surface area (Å²) >= 11 is 1.51. The Balaban J connectivity index is 2.37. The second-order valence-electron chi connectivity index (χ2n) is 3.45. The van der Waals surface area contributed by atoms with Gasteiger partial charge < -0.3 is 16.2 Å². The first-order chi connectivity index (χ1) is 7.08. The Hall–Kier alpha value is -1.04. The summed E-state index contributed by atoms with van der Waals surface area (Å²) in [6.07, 6.45) is -1.00. The third kappa shape index (κ3) is 1.99. The van der Waals surface area contributed by atoms with E-state index in [1.165, 1.54) is 11.8 Å². The number of thioether (sulfide) groups is 1. The molecule has 1 aliphatic rings. The van der Waals surface area contributed by atoms with E-state index in [9.17, 15) is 9.90 Å². The molecule has 0 bridgehead atoms. The van der Waals surface area contributed by atoms with Gasteiger partial charge in [-0.15, -0.1) is 11.8 Å². The van der Waals surface area contributed by atoms with Gasteiger partial charge in [0.25, 0.3) is 0 Å². The average molecular weight is 224 g/mol. The molecule has 15 heavy (non-hydrogen) atoms. The number of anilines is 1. The highest BCUT2D eigenvalue weighted by molar-refractivity contribution is 8.00. The maximum absolute atomic E-state index is 11.4. The number of nitrogens with two attached hydrogens (primary N) is 1. The minimum absolute atomic E-state index is 0.0174.